The molecule has 0 spiro atoms. The van der Waals surface area contributed by atoms with Gasteiger partial charge in [0.15, 0.2) is 0 Å². The van der Waals surface area contributed by atoms with Crippen molar-refractivity contribution in [3.8, 4) is 0 Å². The van der Waals surface area contributed by atoms with Crippen LogP contribution in [0.5, 0.6) is 0 Å². The van der Waals surface area contributed by atoms with Crippen LogP contribution in [0.4, 0.5) is 0 Å². The summed E-state index contributed by atoms with van der Waals surface area (Å²) < 4.78 is 6.88. The Kier molecular flexibility index (Phi) is 18.9. The largest absolute Gasteiger partial charge is 0.469 e. The quantitative estimate of drug-likeness (QED) is 0.473. The minimum Gasteiger partial charge on any atom is -0.469 e. The van der Waals surface area contributed by atoms with Crippen molar-refractivity contribution in [3.05, 3.63) is 36.0 Å². The molecule has 0 saturated heterocycles. The zero-order chi connectivity index (χ0) is 21.9. The number of fused-ring (bicyclic) bond motifs is 1. The lowest BCUT2D eigenvalue weighted by atomic mass is 10.2. The lowest BCUT2D eigenvalue weighted by Gasteiger charge is -2.08. The molecule has 0 bridgehead atoms. The van der Waals surface area contributed by atoms with Gasteiger partial charge in [-0.15, -0.1) is 0 Å². The number of hydrogen-bond donors (Lipinski definition) is 0. The third kappa shape index (κ3) is 11.8. The zero-order valence-electron chi connectivity index (χ0n) is 20.0. The van der Waals surface area contributed by atoms with E-state index in [1.165, 1.54) is 43.0 Å². The molecule has 1 heterocycles. The highest BCUT2D eigenvalue weighted by molar-refractivity contribution is 5.81. The highest BCUT2D eigenvalue weighted by Gasteiger charge is 2.08. The Morgan fingerprint density at radius 1 is 1.04 bits per heavy atom. The number of esters is 1. The predicted molar refractivity (Wildman–Crippen MR) is 125 cm³/mol. The van der Waals surface area contributed by atoms with Crippen molar-refractivity contribution in [2.24, 2.45) is 5.92 Å². The van der Waals surface area contributed by atoms with Gasteiger partial charge in [-0.2, -0.15) is 0 Å². The van der Waals surface area contributed by atoms with E-state index in [2.05, 4.69) is 69.0 Å². The van der Waals surface area contributed by atoms with Crippen LogP contribution in [0.15, 0.2) is 30.3 Å². The molecule has 1 aromatic heterocycles. The number of methoxy groups -OCH3 is 1. The van der Waals surface area contributed by atoms with Gasteiger partial charge < -0.3 is 9.30 Å². The number of carbonyl (C=O) groups excluding carboxylic acids is 1. The number of carbonyl (C=O) groups is 1. The Morgan fingerprint density at radius 2 is 1.57 bits per heavy atom. The number of aryl methyl sites for hydroxylation is 2. The van der Waals surface area contributed by atoms with Gasteiger partial charge >= 0.3 is 5.97 Å². The normalized spacial score (nSPS) is 9.50. The molecular weight excluding hydrogens is 346 g/mol. The molecule has 0 amide bonds. The molecule has 0 saturated carbocycles. The highest BCUT2D eigenvalue weighted by atomic mass is 16.5. The maximum Gasteiger partial charge on any atom is 0.307 e. The molecule has 0 aliphatic rings. The monoisotopic (exact) mass is 391 g/mol. The van der Waals surface area contributed by atoms with Crippen molar-refractivity contribution in [2.45, 2.75) is 94.0 Å². The van der Waals surface area contributed by atoms with Gasteiger partial charge in [-0.1, -0.05) is 92.9 Å². The third-order valence-corrected chi connectivity index (χ3v) is 4.34. The number of nitrogens with zero attached hydrogens (tertiary/aromatic N) is 1. The lowest BCUT2D eigenvalue weighted by Crippen LogP contribution is -2.08. The first kappa shape index (κ1) is 28.4. The molecule has 162 valence electrons. The number of benzene rings is 1. The summed E-state index contributed by atoms with van der Waals surface area (Å²) in [7, 11) is 1.43. The highest BCUT2D eigenvalue weighted by Crippen LogP contribution is 2.20. The van der Waals surface area contributed by atoms with Crippen LogP contribution >= 0.6 is 0 Å². The van der Waals surface area contributed by atoms with Gasteiger partial charge in [-0.3, -0.25) is 4.79 Å². The Hall–Kier alpha value is -1.77. The van der Waals surface area contributed by atoms with Gasteiger partial charge in [0, 0.05) is 17.8 Å². The van der Waals surface area contributed by atoms with Crippen LogP contribution in [0.2, 0.25) is 0 Å². The summed E-state index contributed by atoms with van der Waals surface area (Å²) in [6, 6.07) is 10.4. The van der Waals surface area contributed by atoms with E-state index >= 15 is 0 Å². The van der Waals surface area contributed by atoms with Gasteiger partial charge in [0.1, 0.15) is 0 Å². The van der Waals surface area contributed by atoms with Crippen molar-refractivity contribution in [1.29, 1.82) is 0 Å². The Morgan fingerprint density at radius 3 is 2.00 bits per heavy atom. The summed E-state index contributed by atoms with van der Waals surface area (Å²) in [6.07, 6.45) is 5.33. The summed E-state index contributed by atoms with van der Waals surface area (Å²) in [4.78, 5) is 11.2. The number of rotatable bonds is 6. The van der Waals surface area contributed by atoms with E-state index in [1.54, 1.807) is 0 Å². The minimum absolute atomic E-state index is 0.162. The van der Waals surface area contributed by atoms with Crippen LogP contribution in [0, 0.1) is 5.92 Å². The molecule has 3 heteroatoms. The predicted octanol–water partition coefficient (Wildman–Crippen LogP) is 7.65. The molecular formula is C25H45NO2. The minimum atomic E-state index is -0.162. The van der Waals surface area contributed by atoms with Gasteiger partial charge in [0.2, 0.25) is 0 Å². The molecule has 0 aliphatic carbocycles. The summed E-state index contributed by atoms with van der Waals surface area (Å²) in [5.74, 6) is 0.722. The van der Waals surface area contributed by atoms with Crippen molar-refractivity contribution >= 4 is 16.9 Å². The average Bonchev–Trinajstić information content (AvgIpc) is 3.11. The molecule has 0 atom stereocenters. The van der Waals surface area contributed by atoms with Crippen molar-refractivity contribution in [2.75, 3.05) is 7.11 Å². The SMILES string of the molecule is CC.CCC(C)C.CCCC.CCc1cc2ccccc2n1CCC(=O)OC. The van der Waals surface area contributed by atoms with Crippen molar-refractivity contribution in [1.82, 2.24) is 4.57 Å². The van der Waals surface area contributed by atoms with E-state index in [-0.39, 0.29) is 5.97 Å². The van der Waals surface area contributed by atoms with E-state index in [9.17, 15) is 4.79 Å². The zero-order valence-corrected chi connectivity index (χ0v) is 20.0. The second-order valence-electron chi connectivity index (χ2n) is 6.83. The van der Waals surface area contributed by atoms with Crippen molar-refractivity contribution in [3.63, 3.8) is 0 Å². The first-order chi connectivity index (χ1) is 13.4. The van der Waals surface area contributed by atoms with Gasteiger partial charge in [0.05, 0.1) is 13.5 Å². The van der Waals surface area contributed by atoms with E-state index in [0.717, 1.165) is 12.3 Å². The van der Waals surface area contributed by atoms with E-state index in [0.29, 0.717) is 13.0 Å². The molecule has 0 unspecified atom stereocenters. The fourth-order valence-corrected chi connectivity index (χ4v) is 2.13. The molecule has 2 aromatic rings. The van der Waals surface area contributed by atoms with Gasteiger partial charge in [0.25, 0.3) is 0 Å². The van der Waals surface area contributed by atoms with Crippen LogP contribution in [0.25, 0.3) is 10.9 Å². The second kappa shape index (κ2) is 18.6. The summed E-state index contributed by atoms with van der Waals surface area (Å²) >= 11 is 0. The van der Waals surface area contributed by atoms with E-state index < -0.39 is 0 Å². The molecule has 0 aliphatic heterocycles. The van der Waals surface area contributed by atoms with Crippen LogP contribution in [0.3, 0.4) is 0 Å². The van der Waals surface area contributed by atoms with Gasteiger partial charge in [-0.05, 0) is 29.9 Å². The Balaban J connectivity index is 0. The van der Waals surface area contributed by atoms with Crippen LogP contribution in [-0.4, -0.2) is 17.6 Å². The number of aromatic nitrogens is 1. The Bertz CT molecular complexity index is 612. The first-order valence-corrected chi connectivity index (χ1v) is 11.1. The van der Waals surface area contributed by atoms with Crippen molar-refractivity contribution < 1.29 is 9.53 Å². The number of hydrogen-bond acceptors (Lipinski definition) is 2. The van der Waals surface area contributed by atoms with Gasteiger partial charge in [-0.25, -0.2) is 0 Å². The molecule has 2 rings (SSSR count). The Labute approximate surface area is 174 Å². The lowest BCUT2D eigenvalue weighted by molar-refractivity contribution is -0.140. The fraction of sp³-hybridized carbons (Fsp3) is 0.640. The number of unbranched alkanes of at least 4 members (excludes halogenated alkanes) is 1. The molecule has 0 N–H and O–H groups in total. The maximum absolute atomic E-state index is 11.2. The molecule has 0 radical (unpaired) electrons. The summed E-state index contributed by atoms with van der Waals surface area (Å²) in [5, 5.41) is 1.23. The number of ether oxygens (including phenoxy) is 1. The third-order valence-electron chi connectivity index (χ3n) is 4.34. The van der Waals surface area contributed by atoms with E-state index in [1.807, 2.05) is 26.0 Å². The fourth-order valence-electron chi connectivity index (χ4n) is 2.13. The van der Waals surface area contributed by atoms with Crippen LogP contribution in [0.1, 0.15) is 86.8 Å². The first-order valence-electron chi connectivity index (χ1n) is 11.1. The standard InChI is InChI=1S/C14H17NO2.C5H12.C4H10.C2H6/c1-3-12-10-11-6-4-5-7-13(11)15(12)9-8-14(16)17-2;1-4-5(2)3;1-3-4-2;1-2/h4-7,10H,3,8-9H2,1-2H3;5H,4H2,1-3H3;3-4H2,1-2H3;1-2H3. The smallest absolute Gasteiger partial charge is 0.307 e. The topological polar surface area (TPSA) is 31.2 Å². The van der Waals surface area contributed by atoms with E-state index in [4.69, 9.17) is 0 Å². The van der Waals surface area contributed by atoms with Crippen LogP contribution < -0.4 is 0 Å². The number of para-hydroxylation sites is 1. The maximum atomic E-state index is 11.2. The summed E-state index contributed by atoms with van der Waals surface area (Å²) in [5.41, 5.74) is 2.45. The second-order valence-corrected chi connectivity index (χ2v) is 6.83. The van der Waals surface area contributed by atoms with Crippen LogP contribution in [-0.2, 0) is 22.5 Å². The molecule has 0 fully saturated rings. The average molecular weight is 392 g/mol. The summed E-state index contributed by atoms with van der Waals surface area (Å²) in [6.45, 7) is 17.8. The molecule has 1 aromatic carbocycles. The molecule has 3 nitrogen and oxygen atoms in total. The molecule has 28 heavy (non-hydrogen) atoms.